The standard InChI is InChI=1S/C31H31NO6/c1-5-37-26-15-20(8-10-24(26)33)28-27(29(34)21-9-11-25-22(14-21)13-19(4)38-25)30(35)31(36)32(28)16-23-12-17(2)6-7-18(23)3/h6-12,14-15,19,28,33-34H,5,13,16H2,1-4H3/b29-27+. The van der Waals surface area contributed by atoms with Crippen LogP contribution in [0.3, 0.4) is 0 Å². The number of ketones is 1. The van der Waals surface area contributed by atoms with Crippen LogP contribution in [0.1, 0.15) is 53.3 Å². The Hall–Kier alpha value is -4.26. The Labute approximate surface area is 221 Å². The minimum absolute atomic E-state index is 0.000332. The average molecular weight is 514 g/mol. The lowest BCUT2D eigenvalue weighted by Crippen LogP contribution is -2.29. The highest BCUT2D eigenvalue weighted by Crippen LogP contribution is 2.43. The van der Waals surface area contributed by atoms with E-state index in [0.717, 1.165) is 28.0 Å². The number of amides is 1. The lowest BCUT2D eigenvalue weighted by atomic mass is 9.94. The van der Waals surface area contributed by atoms with E-state index in [1.165, 1.54) is 11.0 Å². The number of nitrogens with zero attached hydrogens (tertiary/aromatic N) is 1. The first kappa shape index (κ1) is 25.4. The normalized spacial score (nSPS) is 19.9. The number of aromatic hydroxyl groups is 1. The maximum absolute atomic E-state index is 13.5. The molecule has 0 radical (unpaired) electrons. The summed E-state index contributed by atoms with van der Waals surface area (Å²) in [6.45, 7) is 8.22. The van der Waals surface area contributed by atoms with Crippen LogP contribution in [0.5, 0.6) is 17.2 Å². The van der Waals surface area contributed by atoms with Crippen molar-refractivity contribution in [2.24, 2.45) is 0 Å². The quantitative estimate of drug-likeness (QED) is 0.262. The van der Waals surface area contributed by atoms with E-state index in [-0.39, 0.29) is 35.5 Å². The van der Waals surface area contributed by atoms with Gasteiger partial charge in [0.05, 0.1) is 18.2 Å². The molecule has 7 nitrogen and oxygen atoms in total. The Balaban J connectivity index is 1.66. The van der Waals surface area contributed by atoms with Crippen molar-refractivity contribution in [3.05, 3.63) is 93.6 Å². The Bertz CT molecular complexity index is 1470. The zero-order valence-corrected chi connectivity index (χ0v) is 21.9. The molecule has 2 aliphatic heterocycles. The number of aliphatic hydroxyl groups is 1. The van der Waals surface area contributed by atoms with Gasteiger partial charge in [-0.25, -0.2) is 0 Å². The number of Topliss-reactive ketones (excluding diaryl/α,β-unsaturated/α-hetero) is 1. The summed E-state index contributed by atoms with van der Waals surface area (Å²) in [5, 5.41) is 21.8. The predicted octanol–water partition coefficient (Wildman–Crippen LogP) is 5.35. The van der Waals surface area contributed by atoms with Crippen molar-refractivity contribution < 1.29 is 29.3 Å². The number of likely N-dealkylation sites (tertiary alicyclic amines) is 1. The van der Waals surface area contributed by atoms with E-state index in [2.05, 4.69) is 0 Å². The molecular weight excluding hydrogens is 482 g/mol. The van der Waals surface area contributed by atoms with Crippen LogP contribution in [-0.4, -0.2) is 39.5 Å². The van der Waals surface area contributed by atoms with Crippen LogP contribution < -0.4 is 9.47 Å². The van der Waals surface area contributed by atoms with Gasteiger partial charge in [0.15, 0.2) is 11.5 Å². The fourth-order valence-electron chi connectivity index (χ4n) is 5.24. The van der Waals surface area contributed by atoms with Crippen molar-refractivity contribution in [1.82, 2.24) is 4.90 Å². The molecule has 3 aromatic rings. The number of rotatable bonds is 6. The summed E-state index contributed by atoms with van der Waals surface area (Å²) < 4.78 is 11.4. The van der Waals surface area contributed by atoms with Crippen LogP contribution in [0.25, 0.3) is 5.76 Å². The molecule has 0 bridgehead atoms. The molecule has 3 aromatic carbocycles. The number of phenolic OH excluding ortho intramolecular Hbond substituents is 1. The lowest BCUT2D eigenvalue weighted by molar-refractivity contribution is -0.140. The van der Waals surface area contributed by atoms with E-state index in [4.69, 9.17) is 9.47 Å². The molecule has 0 aromatic heterocycles. The SMILES string of the molecule is CCOc1cc(C2/C(=C(\O)c3ccc4c(c3)CC(C)O4)C(=O)C(=O)N2Cc2cc(C)ccc2C)ccc1O. The zero-order valence-electron chi connectivity index (χ0n) is 21.9. The van der Waals surface area contributed by atoms with E-state index < -0.39 is 17.7 Å². The molecule has 1 amide bonds. The van der Waals surface area contributed by atoms with E-state index in [0.29, 0.717) is 24.2 Å². The first-order chi connectivity index (χ1) is 18.2. The number of aliphatic hydroxyl groups excluding tert-OH is 1. The molecule has 1 saturated heterocycles. The van der Waals surface area contributed by atoms with Crippen LogP contribution >= 0.6 is 0 Å². The van der Waals surface area contributed by atoms with Crippen molar-refractivity contribution in [2.75, 3.05) is 6.61 Å². The number of phenols is 1. The summed E-state index contributed by atoms with van der Waals surface area (Å²) in [7, 11) is 0. The summed E-state index contributed by atoms with van der Waals surface area (Å²) in [5.41, 5.74) is 4.87. The van der Waals surface area contributed by atoms with Gasteiger partial charge >= 0.3 is 0 Å². The van der Waals surface area contributed by atoms with Gasteiger partial charge in [0.2, 0.25) is 0 Å². The third-order valence-electron chi connectivity index (χ3n) is 7.15. The molecule has 7 heteroatoms. The molecule has 5 rings (SSSR count). The number of ether oxygens (including phenoxy) is 2. The molecule has 1 fully saturated rings. The highest BCUT2D eigenvalue weighted by molar-refractivity contribution is 6.46. The first-order valence-electron chi connectivity index (χ1n) is 12.8. The minimum Gasteiger partial charge on any atom is -0.507 e. The third-order valence-corrected chi connectivity index (χ3v) is 7.15. The first-order valence-corrected chi connectivity index (χ1v) is 12.8. The molecule has 2 atom stereocenters. The van der Waals surface area contributed by atoms with Gasteiger partial charge in [0.1, 0.15) is 17.6 Å². The molecule has 0 spiro atoms. The number of carbonyl (C=O) groups excluding carboxylic acids is 2. The van der Waals surface area contributed by atoms with E-state index in [1.807, 2.05) is 45.0 Å². The highest BCUT2D eigenvalue weighted by Gasteiger charge is 2.46. The number of hydrogen-bond acceptors (Lipinski definition) is 6. The van der Waals surface area contributed by atoms with Gasteiger partial charge in [-0.15, -0.1) is 0 Å². The Morgan fingerprint density at radius 2 is 1.87 bits per heavy atom. The van der Waals surface area contributed by atoms with Crippen molar-refractivity contribution in [2.45, 2.75) is 52.8 Å². The topological polar surface area (TPSA) is 96.3 Å². The van der Waals surface area contributed by atoms with E-state index >= 15 is 0 Å². The molecule has 0 aliphatic carbocycles. The Morgan fingerprint density at radius 3 is 2.63 bits per heavy atom. The second kappa shape index (κ2) is 9.89. The van der Waals surface area contributed by atoms with Crippen molar-refractivity contribution in [3.63, 3.8) is 0 Å². The molecule has 2 unspecified atom stereocenters. The smallest absolute Gasteiger partial charge is 0.295 e. The molecule has 38 heavy (non-hydrogen) atoms. The Morgan fingerprint density at radius 1 is 1.08 bits per heavy atom. The monoisotopic (exact) mass is 513 g/mol. The fraction of sp³-hybridized carbons (Fsp3) is 0.290. The van der Waals surface area contributed by atoms with E-state index in [9.17, 15) is 19.8 Å². The summed E-state index contributed by atoms with van der Waals surface area (Å²) in [4.78, 5) is 28.5. The molecular formula is C31H31NO6. The van der Waals surface area contributed by atoms with Crippen LogP contribution in [0, 0.1) is 13.8 Å². The second-order valence-electron chi connectivity index (χ2n) is 9.97. The molecule has 0 saturated carbocycles. The predicted molar refractivity (Wildman–Crippen MR) is 143 cm³/mol. The van der Waals surface area contributed by atoms with E-state index in [1.54, 1.807) is 31.2 Å². The molecule has 2 heterocycles. The number of fused-ring (bicyclic) bond motifs is 1. The number of hydrogen-bond donors (Lipinski definition) is 2. The molecule has 2 aliphatic rings. The van der Waals surface area contributed by atoms with Crippen LogP contribution in [0.15, 0.2) is 60.2 Å². The van der Waals surface area contributed by atoms with Crippen molar-refractivity contribution in [1.29, 1.82) is 0 Å². The highest BCUT2D eigenvalue weighted by atomic mass is 16.5. The lowest BCUT2D eigenvalue weighted by Gasteiger charge is -2.26. The summed E-state index contributed by atoms with van der Waals surface area (Å²) in [5.74, 6) is -0.748. The maximum Gasteiger partial charge on any atom is 0.295 e. The van der Waals surface area contributed by atoms with Gasteiger partial charge < -0.3 is 24.6 Å². The van der Waals surface area contributed by atoms with Crippen LogP contribution in [0.4, 0.5) is 0 Å². The summed E-state index contributed by atoms with van der Waals surface area (Å²) >= 11 is 0. The van der Waals surface area contributed by atoms with Gasteiger partial charge in [-0.05, 0) is 80.3 Å². The number of benzene rings is 3. The van der Waals surface area contributed by atoms with Crippen LogP contribution in [-0.2, 0) is 22.6 Å². The maximum atomic E-state index is 13.5. The minimum atomic E-state index is -0.877. The zero-order chi connectivity index (χ0) is 27.1. The third kappa shape index (κ3) is 4.49. The number of aryl methyl sites for hydroxylation is 2. The van der Waals surface area contributed by atoms with Crippen molar-refractivity contribution in [3.8, 4) is 17.2 Å². The molecule has 196 valence electrons. The van der Waals surface area contributed by atoms with Gasteiger partial charge in [-0.1, -0.05) is 29.8 Å². The largest absolute Gasteiger partial charge is 0.507 e. The van der Waals surface area contributed by atoms with Gasteiger partial charge in [-0.2, -0.15) is 0 Å². The van der Waals surface area contributed by atoms with Crippen LogP contribution in [0.2, 0.25) is 0 Å². The summed E-state index contributed by atoms with van der Waals surface area (Å²) in [6.07, 6.45) is 0.718. The van der Waals surface area contributed by atoms with Gasteiger partial charge in [-0.3, -0.25) is 9.59 Å². The average Bonchev–Trinajstić information content (AvgIpc) is 3.38. The van der Waals surface area contributed by atoms with Crippen molar-refractivity contribution >= 4 is 17.4 Å². The van der Waals surface area contributed by atoms with Gasteiger partial charge in [0, 0.05) is 18.5 Å². The fourth-order valence-corrected chi connectivity index (χ4v) is 5.24. The molecule has 2 N–H and O–H groups in total. The number of carbonyl (C=O) groups is 2. The summed E-state index contributed by atoms with van der Waals surface area (Å²) in [6, 6.07) is 15.1. The second-order valence-corrected chi connectivity index (χ2v) is 9.97. The Kier molecular flexibility index (Phi) is 6.61. The van der Waals surface area contributed by atoms with Gasteiger partial charge in [0.25, 0.3) is 11.7 Å².